The number of aromatic nitrogens is 12. The topological polar surface area (TPSA) is 390 Å². The van der Waals surface area contributed by atoms with Gasteiger partial charge in [-0.3, -0.25) is 10.6 Å². The van der Waals surface area contributed by atoms with Gasteiger partial charge in [-0.2, -0.15) is 64.8 Å². The second kappa shape index (κ2) is 63.4. The van der Waals surface area contributed by atoms with Crippen molar-refractivity contribution in [3.05, 3.63) is 353 Å². The molecule has 4 aromatic heterocycles. The van der Waals surface area contributed by atoms with Gasteiger partial charge in [0.05, 0.1) is 12.8 Å². The molecule has 0 unspecified atom stereocenters. The molecule has 0 atom stereocenters. The van der Waals surface area contributed by atoms with Gasteiger partial charge in [-0.25, -0.2) is 14.4 Å². The van der Waals surface area contributed by atoms with Gasteiger partial charge < -0.3 is 70.8 Å². The second-order valence-corrected chi connectivity index (χ2v) is 24.1. The van der Waals surface area contributed by atoms with E-state index in [4.69, 9.17) is 68.3 Å². The third-order valence-corrected chi connectivity index (χ3v) is 15.6. The van der Waals surface area contributed by atoms with E-state index in [9.17, 15) is 14.4 Å². The van der Waals surface area contributed by atoms with Crippen molar-refractivity contribution in [2.45, 2.75) is 41.5 Å². The van der Waals surface area contributed by atoms with Crippen molar-refractivity contribution in [1.29, 1.82) is 0 Å². The first-order chi connectivity index (χ1) is 58.1. The molecule has 0 aliphatic carbocycles. The molecule has 4 amide bonds. The Kier molecular flexibility index (Phi) is 56.5. The number of amides is 4. The third-order valence-electron chi connectivity index (χ3n) is 14.9. The van der Waals surface area contributed by atoms with Crippen LogP contribution in [0.25, 0.3) is 44.5 Å². The number of carbonyl (C=O) groups is 2. The van der Waals surface area contributed by atoms with Crippen molar-refractivity contribution >= 4 is 146 Å². The molecule has 4 heterocycles. The van der Waals surface area contributed by atoms with Crippen molar-refractivity contribution in [2.24, 2.45) is 4.99 Å². The van der Waals surface area contributed by atoms with Crippen LogP contribution in [0.15, 0.2) is 314 Å². The maximum atomic E-state index is 12.3. The van der Waals surface area contributed by atoms with Crippen LogP contribution in [0.3, 0.4) is 0 Å². The minimum Gasteiger partial charge on any atom is -0.467 e. The molecule has 0 saturated heterocycles. The summed E-state index contributed by atoms with van der Waals surface area (Å²) in [5.41, 5.74) is 30.2. The molecule has 637 valence electrons. The van der Waals surface area contributed by atoms with Crippen LogP contribution in [-0.2, 0) is 103 Å². The van der Waals surface area contributed by atoms with E-state index in [1.807, 2.05) is 302 Å². The molecular formula is C91H94Cl4N23O4Y3-3. The number of hydrogen-bond donors (Lipinski definition) is 10. The van der Waals surface area contributed by atoms with Crippen LogP contribution in [0.5, 0.6) is 6.01 Å². The van der Waals surface area contributed by atoms with Crippen LogP contribution in [0.4, 0.5) is 91.0 Å². The molecule has 11 aromatic carbocycles. The van der Waals surface area contributed by atoms with Crippen LogP contribution in [0, 0.1) is 22.3 Å². The van der Waals surface area contributed by atoms with E-state index in [0.29, 0.717) is 23.0 Å². The van der Waals surface area contributed by atoms with E-state index >= 15 is 0 Å². The smallest absolute Gasteiger partial charge is 0.326 e. The SMILES string of the molecule is CC.CC.CC.COc1nc(NC(=O)Nc2ccccc2)nc(Nc2ccccc2-c2ccccc2)n1.Nc1ccccc1-c1ccccc1.Nc1nc(Cl)nc(Cl)n1.Nc1nc(Cl)nc(Nc2ccccc2-c2ccccc2)n1.O=C(Nc1ccccc1)Nc1nc(Cl)nc(Nc2ccccc2-c2ccccc2)n1.O=C=Nc1ccccc1.[CH3-].[CH3-].[CH3-].[Y].[Y].[Y]. The largest absolute Gasteiger partial charge is 0.467 e. The van der Waals surface area contributed by atoms with Crippen LogP contribution in [0.1, 0.15) is 41.5 Å². The molecule has 0 spiro atoms. The van der Waals surface area contributed by atoms with E-state index in [1.54, 1.807) is 36.4 Å². The Morgan fingerprint density at radius 2 is 0.576 bits per heavy atom. The molecule has 0 fully saturated rings. The van der Waals surface area contributed by atoms with Crippen molar-refractivity contribution in [1.82, 2.24) is 59.8 Å². The Labute approximate surface area is 825 Å². The third kappa shape index (κ3) is 39.9. The number of isocyanates is 1. The summed E-state index contributed by atoms with van der Waals surface area (Å²) < 4.78 is 5.17. The number of hydrogen-bond acceptors (Lipinski definition) is 23. The predicted octanol–water partition coefficient (Wildman–Crippen LogP) is 23.8. The molecule has 0 aliphatic rings. The molecule has 0 aliphatic heterocycles. The van der Waals surface area contributed by atoms with E-state index in [2.05, 4.69) is 114 Å². The average molecular weight is 1980 g/mol. The zero-order valence-electron chi connectivity index (χ0n) is 70.4. The Morgan fingerprint density at radius 1 is 0.312 bits per heavy atom. The van der Waals surface area contributed by atoms with Crippen molar-refractivity contribution in [2.75, 3.05) is 61.5 Å². The number of aliphatic imine (C=N–C) groups is 1. The fourth-order valence-electron chi connectivity index (χ4n) is 10.0. The Balaban J connectivity index is 0.000000772. The summed E-state index contributed by atoms with van der Waals surface area (Å²) in [6, 6.07) is 97.6. The number of anilines is 13. The van der Waals surface area contributed by atoms with Gasteiger partial charge in [-0.1, -0.05) is 290 Å². The number of carbonyl (C=O) groups excluding carboxylic acids is 3. The quantitative estimate of drug-likeness (QED) is 0.0186. The van der Waals surface area contributed by atoms with Crippen LogP contribution < -0.4 is 59.2 Å². The van der Waals surface area contributed by atoms with Gasteiger partial charge in [0.25, 0.3) is 0 Å². The maximum absolute atomic E-state index is 12.3. The number of para-hydroxylation sites is 7. The minimum atomic E-state index is -0.487. The number of nitrogens with one attached hydrogen (secondary N) is 7. The zero-order valence-corrected chi connectivity index (χ0v) is 81.9. The number of rotatable bonds is 16. The van der Waals surface area contributed by atoms with Gasteiger partial charge in [0.15, 0.2) is 0 Å². The molecular weight excluding hydrogens is 1890 g/mol. The minimum absolute atomic E-state index is 0. The zero-order chi connectivity index (χ0) is 85.4. The number of nitrogens with zero attached hydrogens (tertiary/aromatic N) is 13. The Bertz CT molecular complexity index is 5550. The molecule has 15 rings (SSSR count). The van der Waals surface area contributed by atoms with Gasteiger partial charge in [0, 0.05) is 155 Å². The van der Waals surface area contributed by atoms with Crippen molar-refractivity contribution in [3.63, 3.8) is 0 Å². The summed E-state index contributed by atoms with van der Waals surface area (Å²) in [5.74, 6) is 0.965. The van der Waals surface area contributed by atoms with Gasteiger partial charge >= 0.3 is 18.1 Å². The monoisotopic (exact) mass is 1980 g/mol. The number of urea groups is 2. The van der Waals surface area contributed by atoms with E-state index in [1.165, 1.54) is 18.8 Å². The Hall–Kier alpha value is -11.5. The Morgan fingerprint density at radius 3 is 0.920 bits per heavy atom. The molecule has 34 heteroatoms. The van der Waals surface area contributed by atoms with Crippen molar-refractivity contribution < 1.29 is 117 Å². The average Bonchev–Trinajstić information content (AvgIpc) is 0.826. The summed E-state index contributed by atoms with van der Waals surface area (Å²) in [5, 5.41) is 20.1. The molecule has 3 radical (unpaired) electrons. The van der Waals surface area contributed by atoms with Crippen LogP contribution in [-0.4, -0.2) is 85.1 Å². The second-order valence-electron chi connectivity index (χ2n) is 22.7. The van der Waals surface area contributed by atoms with Gasteiger partial charge in [0.1, 0.15) is 0 Å². The van der Waals surface area contributed by atoms with E-state index in [0.717, 1.165) is 61.7 Å². The normalized spacial score (nSPS) is 9.18. The summed E-state index contributed by atoms with van der Waals surface area (Å²) in [4.78, 5) is 84.8. The van der Waals surface area contributed by atoms with Crippen molar-refractivity contribution in [3.8, 4) is 50.5 Å². The molecule has 15 aromatic rings. The fourth-order valence-corrected chi connectivity index (χ4v) is 10.7. The first-order valence-electron chi connectivity index (χ1n) is 36.8. The fraction of sp³-hybridized carbons (Fsp3) is 0.0769. The van der Waals surface area contributed by atoms with Gasteiger partial charge in [0.2, 0.25) is 68.9 Å². The standard InChI is InChI=1S/C23H20N6O2.C22H17ClN6O.C15H12ClN5.C12H11N.C7H5NO.C3H2Cl2N4.3C2H6.3CH3.3Y/c1-31-23-28-20(25-19-15-9-8-14-18(19)16-10-4-2-5-11-16)26-21(29-23)27-22(30)24-17-12-6-3-7-13-17;23-19-26-20(25-18-14-8-7-13-17(18)15-9-3-1-4-10-15)28-21(27-19)29-22(30)24-16-11-5-2-6-12-16;16-13-19-14(17)21-15(20-13)18-12-9-5-4-8-11(12)10-6-2-1-3-7-10;13-12-9-5-4-8-11(12)10-6-2-1-3-7-10;9-6-8-7-4-2-1-3-5-7;4-1-7-2(5)9-3(6)8-1;3*1-2;;;;;;/h2-15H,1H3,(H3,24,25,26,27,28,29,30);1-14H,(H3,24,25,26,27,28,29,30);1-9H,(H3,17,18,19,20,21);1-9H,13H2;1-5H;(H2,6,7,8,9);3*1-2H3;3*1H3;;;/q;;;;;;;;;3*-1;;;. The van der Waals surface area contributed by atoms with E-state index < -0.39 is 12.1 Å². The van der Waals surface area contributed by atoms with Gasteiger partial charge in [-0.15, -0.1) is 0 Å². The summed E-state index contributed by atoms with van der Waals surface area (Å²) in [6.07, 6.45) is 1.46. The number of benzene rings is 11. The van der Waals surface area contributed by atoms with E-state index in [-0.39, 0.29) is 183 Å². The van der Waals surface area contributed by atoms with Crippen LogP contribution >= 0.6 is 46.4 Å². The molecule has 0 bridgehead atoms. The number of nitrogens with two attached hydrogens (primary N) is 3. The van der Waals surface area contributed by atoms with Gasteiger partial charge in [-0.05, 0) is 129 Å². The summed E-state index contributed by atoms with van der Waals surface area (Å²) >= 11 is 22.5. The number of methoxy groups -OCH3 is 1. The summed E-state index contributed by atoms with van der Waals surface area (Å²) in [7, 11) is 1.45. The maximum Gasteiger partial charge on any atom is 0.326 e. The molecule has 27 nitrogen and oxygen atoms in total. The number of nitrogen functional groups attached to an aromatic ring is 3. The first-order valence-corrected chi connectivity index (χ1v) is 38.4. The number of ether oxygens (including phenoxy) is 1. The molecule has 125 heavy (non-hydrogen) atoms. The van der Waals surface area contributed by atoms with Crippen LogP contribution in [0.2, 0.25) is 21.1 Å². The predicted molar refractivity (Wildman–Crippen MR) is 502 cm³/mol. The summed E-state index contributed by atoms with van der Waals surface area (Å²) in [6.45, 7) is 12.0. The number of halogens is 4. The molecule has 0 saturated carbocycles. The first kappa shape index (κ1) is 111. The molecule has 13 N–H and O–H groups in total.